The molecule has 0 aromatic carbocycles. The number of fused-ring (bicyclic) bond motifs is 4. The number of H-pyrrole nitrogens is 1. The SMILES string of the molecule is Nc1nc2c(ncn2[C@@H]2O[C@@H]3CO[P@@](=O)(S)O[C@H]4C[C@H](Nc5ncncc5F)C[C@@H]4CO[P@](=O)(S)O[C@@H]2[C@@H]3O)c(=O)[nH]1. The third-order valence-electron chi connectivity index (χ3n) is 7.05. The van der Waals surface area contributed by atoms with E-state index in [4.69, 9.17) is 28.6 Å². The predicted molar refractivity (Wildman–Crippen MR) is 149 cm³/mol. The van der Waals surface area contributed by atoms with Gasteiger partial charge in [0.1, 0.15) is 24.6 Å². The van der Waals surface area contributed by atoms with Gasteiger partial charge >= 0.3 is 13.6 Å². The number of aromatic amines is 1. The number of anilines is 2. The summed E-state index contributed by atoms with van der Waals surface area (Å²) in [4.78, 5) is 30.2. The van der Waals surface area contributed by atoms with Crippen LogP contribution in [0.2, 0.25) is 0 Å². The van der Waals surface area contributed by atoms with E-state index in [1.54, 1.807) is 0 Å². The number of nitrogens with zero attached hydrogens (tertiary/aromatic N) is 5. The number of thiol groups is 2. The van der Waals surface area contributed by atoms with Crippen LogP contribution in [0, 0.1) is 11.7 Å². The lowest BCUT2D eigenvalue weighted by atomic mass is 10.1. The Morgan fingerprint density at radius 3 is 2.69 bits per heavy atom. The van der Waals surface area contributed by atoms with E-state index >= 15 is 0 Å². The molecule has 0 spiro atoms. The minimum Gasteiger partial charge on any atom is -0.387 e. The van der Waals surface area contributed by atoms with Crippen molar-refractivity contribution in [3.8, 4) is 0 Å². The smallest absolute Gasteiger partial charge is 0.386 e. The van der Waals surface area contributed by atoms with E-state index in [2.05, 4.69) is 54.7 Å². The fourth-order valence-electron chi connectivity index (χ4n) is 5.19. The van der Waals surface area contributed by atoms with E-state index in [1.165, 1.54) is 17.2 Å². The molecule has 3 fully saturated rings. The molecule has 2 bridgehead atoms. The number of hydrogen-bond acceptors (Lipinski definition) is 15. The van der Waals surface area contributed by atoms with Crippen molar-refractivity contribution in [3.63, 3.8) is 0 Å². The summed E-state index contributed by atoms with van der Waals surface area (Å²) in [5, 5.41) is 14.0. The van der Waals surface area contributed by atoms with Crippen LogP contribution in [-0.2, 0) is 32.0 Å². The zero-order chi connectivity index (χ0) is 29.8. The van der Waals surface area contributed by atoms with Gasteiger partial charge < -0.3 is 25.4 Å². The van der Waals surface area contributed by atoms with Gasteiger partial charge in [0.25, 0.3) is 5.56 Å². The maximum absolute atomic E-state index is 14.1. The quantitative estimate of drug-likeness (QED) is 0.173. The Hall–Kier alpha value is -2.12. The van der Waals surface area contributed by atoms with Gasteiger partial charge in [-0.3, -0.25) is 27.9 Å². The summed E-state index contributed by atoms with van der Waals surface area (Å²) in [6.45, 7) is -9.00. The molecule has 3 aromatic rings. The van der Waals surface area contributed by atoms with Gasteiger partial charge in [-0.05, 0) is 12.8 Å². The number of nitrogen functional groups attached to an aromatic ring is 1. The molecule has 2 saturated heterocycles. The summed E-state index contributed by atoms with van der Waals surface area (Å²) in [7, 11) is 0. The Labute approximate surface area is 246 Å². The summed E-state index contributed by atoms with van der Waals surface area (Å²) in [5.41, 5.74) is 4.99. The second-order valence-corrected chi connectivity index (χ2v) is 15.6. The van der Waals surface area contributed by atoms with E-state index in [1.807, 2.05) is 0 Å². The number of nitrogens with one attached hydrogen (secondary N) is 2. The first-order valence-electron chi connectivity index (χ1n) is 12.5. The van der Waals surface area contributed by atoms with Crippen molar-refractivity contribution in [2.45, 2.75) is 49.5 Å². The molecular formula is C20H25FN8O9P2S2. The van der Waals surface area contributed by atoms with Gasteiger partial charge in [-0.15, -0.1) is 0 Å². The third-order valence-corrected chi connectivity index (χ3v) is 10.3. The number of ether oxygens (including phenoxy) is 1. The van der Waals surface area contributed by atoms with Crippen molar-refractivity contribution >= 4 is 61.0 Å². The summed E-state index contributed by atoms with van der Waals surface area (Å²) in [6, 6.07) is -0.405. The largest absolute Gasteiger partial charge is 0.387 e. The lowest BCUT2D eigenvalue weighted by molar-refractivity contribution is -0.0487. The first-order chi connectivity index (χ1) is 19.9. The minimum absolute atomic E-state index is 0.00434. The summed E-state index contributed by atoms with van der Waals surface area (Å²) in [6.07, 6.45) is -2.25. The molecule has 228 valence electrons. The van der Waals surface area contributed by atoms with Crippen LogP contribution >= 0.6 is 38.1 Å². The van der Waals surface area contributed by atoms with Crippen LogP contribution in [0.25, 0.3) is 11.2 Å². The number of nitrogens with two attached hydrogens (primary N) is 1. The highest BCUT2D eigenvalue weighted by molar-refractivity contribution is 8.44. The number of aliphatic hydroxyl groups excluding tert-OH is 1. The third kappa shape index (κ3) is 6.10. The first kappa shape index (κ1) is 29.9. The van der Waals surface area contributed by atoms with Crippen molar-refractivity contribution in [2.24, 2.45) is 5.92 Å². The molecule has 42 heavy (non-hydrogen) atoms. The molecule has 0 unspecified atom stereocenters. The molecule has 3 aromatic heterocycles. The van der Waals surface area contributed by atoms with E-state index in [9.17, 15) is 23.4 Å². The molecule has 0 radical (unpaired) electrons. The standard InChI is InChI=1S/C20H25FN8O9P2S2/c21-10-3-23-6-24-16(10)26-9-1-8-4-34-40(33,42)38-15-14(30)12(5-35-39(32,41)37-11(8)2-9)36-19(15)29-7-25-13-17(29)27-20(22)28-18(13)31/h3,6-9,11-12,14-15,19,30H,1-2,4-5H2,(H,32,41)(H,33,42)(H,23,24,26)(H3,22,27,28,31)/t8-,9-,11+,12-,14-,15-,19-,39-,40+/m1/s1. The van der Waals surface area contributed by atoms with E-state index in [0.717, 1.165) is 6.20 Å². The average molecular weight is 667 g/mol. The van der Waals surface area contributed by atoms with Crippen LogP contribution in [0.1, 0.15) is 19.1 Å². The highest BCUT2D eigenvalue weighted by atomic mass is 32.7. The number of aliphatic hydroxyl groups is 1. The molecule has 2 aliphatic heterocycles. The highest BCUT2D eigenvalue weighted by Crippen LogP contribution is 2.60. The van der Waals surface area contributed by atoms with Gasteiger partial charge in [0, 0.05) is 12.0 Å². The maximum Gasteiger partial charge on any atom is 0.386 e. The molecule has 0 amide bonds. The van der Waals surface area contributed by atoms with Crippen molar-refractivity contribution in [3.05, 3.63) is 35.0 Å². The topological polar surface area (TPSA) is 228 Å². The first-order valence-corrected chi connectivity index (χ1v) is 17.9. The van der Waals surface area contributed by atoms with Gasteiger partial charge in [-0.2, -0.15) is 4.98 Å². The second kappa shape index (κ2) is 11.4. The number of imidazole rings is 1. The van der Waals surface area contributed by atoms with E-state index in [-0.39, 0.29) is 36.0 Å². The molecule has 22 heteroatoms. The number of hydrogen-bond donors (Lipinski definition) is 6. The summed E-state index contributed by atoms with van der Waals surface area (Å²) < 4.78 is 70.5. The molecule has 1 saturated carbocycles. The van der Waals surface area contributed by atoms with Crippen LogP contribution in [0.5, 0.6) is 0 Å². The van der Waals surface area contributed by atoms with Crippen LogP contribution in [-0.4, -0.2) is 78.3 Å². The molecule has 6 rings (SSSR count). The minimum atomic E-state index is -4.21. The Kier molecular flexibility index (Phi) is 8.14. The fraction of sp³-hybridized carbons (Fsp3) is 0.550. The Morgan fingerprint density at radius 1 is 1.14 bits per heavy atom. The zero-order valence-electron chi connectivity index (χ0n) is 21.3. The second-order valence-electron chi connectivity index (χ2n) is 9.87. The molecule has 5 heterocycles. The lowest BCUT2D eigenvalue weighted by Gasteiger charge is -2.26. The Balaban J connectivity index is 1.27. The molecule has 5 N–H and O–H groups in total. The normalized spacial score (nSPS) is 37.5. The predicted octanol–water partition coefficient (Wildman–Crippen LogP) is 1.67. The van der Waals surface area contributed by atoms with E-state index in [0.29, 0.717) is 6.42 Å². The summed E-state index contributed by atoms with van der Waals surface area (Å²) in [5.74, 6) is -1.43. The van der Waals surface area contributed by atoms with Gasteiger partial charge in [-0.25, -0.2) is 28.5 Å². The molecular weight excluding hydrogens is 641 g/mol. The molecule has 3 aliphatic rings. The molecule has 9 atom stereocenters. The van der Waals surface area contributed by atoms with Crippen LogP contribution in [0.15, 0.2) is 23.6 Å². The highest BCUT2D eigenvalue weighted by Gasteiger charge is 2.51. The molecule has 1 aliphatic carbocycles. The van der Waals surface area contributed by atoms with Crippen molar-refractivity contribution in [2.75, 3.05) is 24.3 Å². The monoisotopic (exact) mass is 666 g/mol. The van der Waals surface area contributed by atoms with Gasteiger partial charge in [0.05, 0.1) is 31.8 Å². The van der Waals surface area contributed by atoms with Gasteiger partial charge in [0.2, 0.25) is 5.95 Å². The molecule has 17 nitrogen and oxygen atoms in total. The van der Waals surface area contributed by atoms with Crippen LogP contribution in [0.4, 0.5) is 16.2 Å². The van der Waals surface area contributed by atoms with Crippen molar-refractivity contribution in [1.82, 2.24) is 29.5 Å². The summed E-state index contributed by atoms with van der Waals surface area (Å²) >= 11 is 8.20. The maximum atomic E-state index is 14.1. The van der Waals surface area contributed by atoms with Crippen LogP contribution < -0.4 is 16.6 Å². The average Bonchev–Trinajstić information content (AvgIpc) is 3.58. The van der Waals surface area contributed by atoms with Gasteiger partial charge in [-0.1, -0.05) is 24.5 Å². The zero-order valence-corrected chi connectivity index (χ0v) is 24.9. The van der Waals surface area contributed by atoms with E-state index < -0.39 is 74.2 Å². The van der Waals surface area contributed by atoms with Crippen LogP contribution in [0.3, 0.4) is 0 Å². The number of halogens is 1. The lowest BCUT2D eigenvalue weighted by Crippen LogP contribution is -2.35. The Bertz CT molecular complexity index is 1650. The fourth-order valence-corrected chi connectivity index (χ4v) is 8.25. The van der Waals surface area contributed by atoms with Crippen molar-refractivity contribution < 1.29 is 41.5 Å². The number of aromatic nitrogens is 6. The van der Waals surface area contributed by atoms with Crippen molar-refractivity contribution in [1.29, 1.82) is 0 Å². The Morgan fingerprint density at radius 2 is 1.90 bits per heavy atom. The van der Waals surface area contributed by atoms with Gasteiger partial charge in [0.15, 0.2) is 29.0 Å². The number of rotatable bonds is 3.